The number of carboxylic acids is 1. The van der Waals surface area contributed by atoms with Gasteiger partial charge in [0.25, 0.3) is 0 Å². The van der Waals surface area contributed by atoms with Crippen molar-refractivity contribution in [3.05, 3.63) is 28.8 Å². The molecule has 0 spiro atoms. The fourth-order valence-corrected chi connectivity index (χ4v) is 1.54. The van der Waals surface area contributed by atoms with Crippen molar-refractivity contribution < 1.29 is 14.6 Å². The maximum atomic E-state index is 10.5. The van der Waals surface area contributed by atoms with Gasteiger partial charge in [-0.3, -0.25) is 4.79 Å². The van der Waals surface area contributed by atoms with Gasteiger partial charge in [0.15, 0.2) is 0 Å². The molecule has 0 aromatic heterocycles. The molecule has 0 atom stereocenters. The first kappa shape index (κ1) is 10.3. The van der Waals surface area contributed by atoms with Gasteiger partial charge >= 0.3 is 5.97 Å². The topological polar surface area (TPSA) is 46.5 Å². The summed E-state index contributed by atoms with van der Waals surface area (Å²) in [6, 6.07) is 5.12. The molecule has 1 saturated carbocycles. The van der Waals surface area contributed by atoms with Crippen LogP contribution in [0.1, 0.15) is 18.4 Å². The lowest BCUT2D eigenvalue weighted by Crippen LogP contribution is -2.01. The highest BCUT2D eigenvalue weighted by Gasteiger charge is 2.24. The maximum Gasteiger partial charge on any atom is 0.307 e. The van der Waals surface area contributed by atoms with Crippen LogP contribution in [0, 0.1) is 0 Å². The Hall–Kier alpha value is -1.22. The minimum atomic E-state index is -0.859. The molecule has 15 heavy (non-hydrogen) atoms. The van der Waals surface area contributed by atoms with Gasteiger partial charge in [0.05, 0.1) is 17.5 Å². The molecule has 1 aliphatic rings. The highest BCUT2D eigenvalue weighted by molar-refractivity contribution is 6.32. The second kappa shape index (κ2) is 4.11. The summed E-state index contributed by atoms with van der Waals surface area (Å²) in [4.78, 5) is 10.5. The molecule has 0 heterocycles. The number of hydrogen-bond acceptors (Lipinski definition) is 2. The molecular formula is C11H11ClO3. The largest absolute Gasteiger partial charge is 0.489 e. The summed E-state index contributed by atoms with van der Waals surface area (Å²) in [5.41, 5.74) is 0.690. The van der Waals surface area contributed by atoms with Crippen LogP contribution < -0.4 is 4.74 Å². The van der Waals surface area contributed by atoms with Crippen LogP contribution in [0.25, 0.3) is 0 Å². The van der Waals surface area contributed by atoms with E-state index >= 15 is 0 Å². The molecule has 80 valence electrons. The number of carbonyl (C=O) groups is 1. The van der Waals surface area contributed by atoms with Crippen molar-refractivity contribution >= 4 is 17.6 Å². The summed E-state index contributed by atoms with van der Waals surface area (Å²) >= 11 is 5.97. The Balaban J connectivity index is 2.10. The lowest BCUT2D eigenvalue weighted by Gasteiger charge is -2.07. The van der Waals surface area contributed by atoms with E-state index in [1.165, 1.54) is 0 Å². The van der Waals surface area contributed by atoms with Gasteiger partial charge in [-0.05, 0) is 30.5 Å². The van der Waals surface area contributed by atoms with E-state index in [1.807, 2.05) is 0 Å². The van der Waals surface area contributed by atoms with Gasteiger partial charge in [-0.25, -0.2) is 0 Å². The number of aliphatic carboxylic acids is 1. The van der Waals surface area contributed by atoms with Crippen LogP contribution in [0.2, 0.25) is 5.02 Å². The van der Waals surface area contributed by atoms with E-state index in [4.69, 9.17) is 21.4 Å². The molecule has 1 aliphatic carbocycles. The highest BCUT2D eigenvalue weighted by atomic mass is 35.5. The fourth-order valence-electron chi connectivity index (χ4n) is 1.29. The maximum absolute atomic E-state index is 10.5. The summed E-state index contributed by atoms with van der Waals surface area (Å²) in [6.45, 7) is 0. The van der Waals surface area contributed by atoms with E-state index in [2.05, 4.69) is 0 Å². The van der Waals surface area contributed by atoms with E-state index in [-0.39, 0.29) is 6.42 Å². The molecule has 0 amide bonds. The second-order valence-corrected chi connectivity index (χ2v) is 4.06. The molecule has 0 radical (unpaired) electrons. The van der Waals surface area contributed by atoms with Gasteiger partial charge in [0.1, 0.15) is 5.75 Å². The first-order valence-corrected chi connectivity index (χ1v) is 5.20. The highest BCUT2D eigenvalue weighted by Crippen LogP contribution is 2.32. The third kappa shape index (κ3) is 2.86. The average molecular weight is 227 g/mol. The lowest BCUT2D eigenvalue weighted by atomic mass is 10.1. The molecule has 0 unspecified atom stereocenters. The normalized spacial score (nSPS) is 15.0. The number of hydrogen-bond donors (Lipinski definition) is 1. The van der Waals surface area contributed by atoms with Crippen molar-refractivity contribution in [2.45, 2.75) is 25.4 Å². The number of rotatable bonds is 4. The fraction of sp³-hybridized carbons (Fsp3) is 0.364. The monoisotopic (exact) mass is 226 g/mol. The van der Waals surface area contributed by atoms with Crippen LogP contribution in [0.15, 0.2) is 18.2 Å². The van der Waals surface area contributed by atoms with Gasteiger partial charge in [-0.2, -0.15) is 0 Å². The first-order valence-electron chi connectivity index (χ1n) is 4.82. The number of carboxylic acid groups (broad SMARTS) is 1. The minimum Gasteiger partial charge on any atom is -0.489 e. The molecular weight excluding hydrogens is 216 g/mol. The van der Waals surface area contributed by atoms with E-state index in [0.29, 0.717) is 22.4 Å². The SMILES string of the molecule is O=C(O)Cc1ccc(OC2CC2)c(Cl)c1. The Morgan fingerprint density at radius 1 is 1.53 bits per heavy atom. The predicted octanol–water partition coefficient (Wildman–Crippen LogP) is 2.51. The molecule has 2 rings (SSSR count). The van der Waals surface area contributed by atoms with Crippen molar-refractivity contribution in [1.82, 2.24) is 0 Å². The van der Waals surface area contributed by atoms with Crippen molar-refractivity contribution in [3.8, 4) is 5.75 Å². The van der Waals surface area contributed by atoms with Gasteiger partial charge in [-0.15, -0.1) is 0 Å². The third-order valence-corrected chi connectivity index (χ3v) is 2.47. The van der Waals surface area contributed by atoms with Crippen LogP contribution in [-0.2, 0) is 11.2 Å². The molecule has 4 heteroatoms. The van der Waals surface area contributed by atoms with Crippen LogP contribution in [0.3, 0.4) is 0 Å². The Labute approximate surface area is 92.6 Å². The summed E-state index contributed by atoms with van der Waals surface area (Å²) < 4.78 is 5.54. The van der Waals surface area contributed by atoms with Crippen molar-refractivity contribution in [2.75, 3.05) is 0 Å². The lowest BCUT2D eigenvalue weighted by molar-refractivity contribution is -0.136. The third-order valence-electron chi connectivity index (χ3n) is 2.17. The van der Waals surface area contributed by atoms with E-state index in [0.717, 1.165) is 12.8 Å². The van der Waals surface area contributed by atoms with Crippen molar-refractivity contribution in [2.24, 2.45) is 0 Å². The van der Waals surface area contributed by atoms with Crippen molar-refractivity contribution in [1.29, 1.82) is 0 Å². The number of ether oxygens (including phenoxy) is 1. The zero-order valence-electron chi connectivity index (χ0n) is 8.07. The Morgan fingerprint density at radius 3 is 2.80 bits per heavy atom. The molecule has 1 fully saturated rings. The van der Waals surface area contributed by atoms with E-state index in [9.17, 15) is 4.79 Å². The Bertz CT molecular complexity index is 385. The van der Waals surface area contributed by atoms with Gasteiger partial charge < -0.3 is 9.84 Å². The number of halogens is 1. The summed E-state index contributed by atoms with van der Waals surface area (Å²) in [5.74, 6) is -0.213. The summed E-state index contributed by atoms with van der Waals surface area (Å²) in [5, 5.41) is 9.09. The van der Waals surface area contributed by atoms with E-state index < -0.39 is 5.97 Å². The Kier molecular flexibility index (Phi) is 2.82. The minimum absolute atomic E-state index is 0.0105. The van der Waals surface area contributed by atoms with E-state index in [1.54, 1.807) is 18.2 Å². The second-order valence-electron chi connectivity index (χ2n) is 3.65. The predicted molar refractivity (Wildman–Crippen MR) is 56.4 cm³/mol. The molecule has 1 aromatic rings. The molecule has 0 aliphatic heterocycles. The van der Waals surface area contributed by atoms with Crippen LogP contribution in [0.4, 0.5) is 0 Å². The van der Waals surface area contributed by atoms with Crippen LogP contribution >= 0.6 is 11.6 Å². The molecule has 0 bridgehead atoms. The quantitative estimate of drug-likeness (QED) is 0.858. The smallest absolute Gasteiger partial charge is 0.307 e. The van der Waals surface area contributed by atoms with Crippen molar-refractivity contribution in [3.63, 3.8) is 0 Å². The Morgan fingerprint density at radius 2 is 2.27 bits per heavy atom. The summed E-state index contributed by atoms with van der Waals surface area (Å²) in [7, 11) is 0. The molecule has 3 nitrogen and oxygen atoms in total. The first-order chi connectivity index (χ1) is 7.15. The molecule has 1 aromatic carbocycles. The summed E-state index contributed by atoms with van der Waals surface area (Å²) in [6.07, 6.45) is 2.44. The van der Waals surface area contributed by atoms with Gasteiger partial charge in [0, 0.05) is 0 Å². The van der Waals surface area contributed by atoms with Gasteiger partial charge in [-0.1, -0.05) is 17.7 Å². The number of benzene rings is 1. The average Bonchev–Trinajstić information content (AvgIpc) is 2.92. The van der Waals surface area contributed by atoms with Gasteiger partial charge in [0.2, 0.25) is 0 Å². The molecule has 1 N–H and O–H groups in total. The van der Waals surface area contributed by atoms with Crippen LogP contribution in [0.5, 0.6) is 5.75 Å². The standard InChI is InChI=1S/C11H11ClO3/c12-9-5-7(6-11(13)14)1-4-10(9)15-8-2-3-8/h1,4-5,8H,2-3,6H2,(H,13,14). The molecule has 0 saturated heterocycles. The van der Waals surface area contributed by atoms with Crippen LogP contribution in [-0.4, -0.2) is 17.2 Å². The zero-order chi connectivity index (χ0) is 10.8. The zero-order valence-corrected chi connectivity index (χ0v) is 8.83.